The Balaban J connectivity index is 1.59. The lowest BCUT2D eigenvalue weighted by Gasteiger charge is -2.13. The molecule has 0 radical (unpaired) electrons. The molecule has 0 atom stereocenters. The summed E-state index contributed by atoms with van der Waals surface area (Å²) in [6.07, 6.45) is 2.64. The Hall–Kier alpha value is -4.03. The van der Waals surface area contributed by atoms with Crippen LogP contribution in [-0.4, -0.2) is 23.3 Å². The Morgan fingerprint density at radius 2 is 1.67 bits per heavy atom. The minimum absolute atomic E-state index is 0.00923. The molecule has 1 fully saturated rings. The number of carbonyl (C=O) groups is 2. The zero-order valence-electron chi connectivity index (χ0n) is 19.7. The third-order valence-corrected chi connectivity index (χ3v) is 7.98. The number of rotatable bonds is 6. The van der Waals surface area contributed by atoms with Gasteiger partial charge in [0, 0.05) is 11.6 Å². The van der Waals surface area contributed by atoms with Crippen LogP contribution in [-0.2, 0) is 11.2 Å². The third kappa shape index (κ3) is 3.74. The summed E-state index contributed by atoms with van der Waals surface area (Å²) in [6.45, 7) is 0. The lowest BCUT2D eigenvalue weighted by molar-refractivity contribution is 0.0589. The van der Waals surface area contributed by atoms with Gasteiger partial charge >= 0.3 is 5.97 Å². The van der Waals surface area contributed by atoms with E-state index in [1.54, 1.807) is 30.3 Å². The lowest BCUT2D eigenvalue weighted by atomic mass is 9.95. The first-order chi connectivity index (χ1) is 17.6. The van der Waals surface area contributed by atoms with Crippen molar-refractivity contribution in [3.05, 3.63) is 122 Å². The number of hydrogen-bond donors (Lipinski definition) is 0. The fraction of sp³-hybridized carbons (Fsp3) is 0.167. The van der Waals surface area contributed by atoms with Crippen molar-refractivity contribution in [2.45, 2.75) is 25.2 Å². The maximum absolute atomic E-state index is 13.5. The number of pyridine rings is 1. The van der Waals surface area contributed by atoms with E-state index in [-0.39, 0.29) is 21.9 Å². The van der Waals surface area contributed by atoms with E-state index in [0.29, 0.717) is 22.7 Å². The molecule has 5 aromatic rings. The van der Waals surface area contributed by atoms with Crippen LogP contribution in [0.5, 0.6) is 0 Å². The van der Waals surface area contributed by atoms with E-state index >= 15 is 0 Å². The molecule has 1 saturated carbocycles. The summed E-state index contributed by atoms with van der Waals surface area (Å²) in [6, 6.07) is 24.9. The van der Waals surface area contributed by atoms with Gasteiger partial charge in [-0.2, -0.15) is 0 Å². The van der Waals surface area contributed by atoms with E-state index in [1.165, 1.54) is 22.8 Å². The molecule has 0 saturated heterocycles. The second-order valence-corrected chi connectivity index (χ2v) is 10.1. The molecule has 1 aliphatic carbocycles. The highest BCUT2D eigenvalue weighted by Crippen LogP contribution is 2.46. The van der Waals surface area contributed by atoms with Gasteiger partial charge in [0.05, 0.1) is 7.11 Å². The van der Waals surface area contributed by atoms with E-state index < -0.39 is 5.97 Å². The van der Waals surface area contributed by atoms with Gasteiger partial charge in [-0.25, -0.2) is 4.79 Å². The molecular weight excluding hydrogens is 470 g/mol. The number of nitrogens with zero attached hydrogens (tertiary/aromatic N) is 1. The largest absolute Gasteiger partial charge is 0.464 e. The van der Waals surface area contributed by atoms with E-state index in [4.69, 9.17) is 4.74 Å². The van der Waals surface area contributed by atoms with Gasteiger partial charge in [-0.1, -0.05) is 72.8 Å². The summed E-state index contributed by atoms with van der Waals surface area (Å²) in [5.74, 6) is -0.679. The Labute approximate surface area is 211 Å². The third-order valence-electron chi connectivity index (χ3n) is 6.80. The quantitative estimate of drug-likeness (QED) is 0.215. The number of ketones is 1. The molecule has 3 aromatic carbocycles. The van der Waals surface area contributed by atoms with Crippen LogP contribution in [0, 0.1) is 0 Å². The molecule has 2 aromatic heterocycles. The monoisotopic (exact) mass is 493 g/mol. The van der Waals surface area contributed by atoms with E-state index in [9.17, 15) is 14.4 Å². The Bertz CT molecular complexity index is 1710. The predicted molar refractivity (Wildman–Crippen MR) is 141 cm³/mol. The first-order valence-corrected chi connectivity index (χ1v) is 12.7. The number of aromatic nitrogens is 1. The van der Waals surface area contributed by atoms with Crippen LogP contribution in [0.1, 0.15) is 61.2 Å². The molecule has 0 unspecified atom stereocenters. The molecule has 0 bridgehead atoms. The van der Waals surface area contributed by atoms with Crippen LogP contribution >= 0.6 is 11.3 Å². The molecule has 5 nitrogen and oxygen atoms in total. The van der Waals surface area contributed by atoms with Crippen LogP contribution < -0.4 is 5.56 Å². The summed E-state index contributed by atoms with van der Waals surface area (Å²) in [7, 11) is 1.27. The average Bonchev–Trinajstić information content (AvgIpc) is 3.67. The molecular formula is C30H23NO4S. The van der Waals surface area contributed by atoms with Gasteiger partial charge in [-0.05, 0) is 52.6 Å². The molecule has 1 aliphatic rings. The highest BCUT2D eigenvalue weighted by molar-refractivity contribution is 7.20. The Kier molecular flexibility index (Phi) is 5.53. The van der Waals surface area contributed by atoms with Crippen molar-refractivity contribution >= 4 is 38.7 Å². The summed E-state index contributed by atoms with van der Waals surface area (Å²) < 4.78 is 6.43. The zero-order chi connectivity index (χ0) is 24.8. The molecule has 6 heteroatoms. The van der Waals surface area contributed by atoms with Gasteiger partial charge in [0.2, 0.25) is 5.78 Å². The Morgan fingerprint density at radius 1 is 0.944 bits per heavy atom. The average molecular weight is 494 g/mol. The van der Waals surface area contributed by atoms with Gasteiger partial charge in [0.25, 0.3) is 5.56 Å². The van der Waals surface area contributed by atoms with Crippen molar-refractivity contribution in [1.82, 2.24) is 4.40 Å². The standard InChI is InChI=1S/C30H23NO4S/c1-35-30(34)26-28(27(33)20-9-3-2-4-10-20)36-29-25(19-14-15-19)22(17-24(32)31(26)29)16-21-12-7-11-18-8-5-6-13-23(18)21/h2-13,17,19H,14-16H2,1H3. The molecule has 6 rings (SSSR count). The molecule has 2 heterocycles. The number of esters is 1. The number of thiazole rings is 1. The highest BCUT2D eigenvalue weighted by Gasteiger charge is 2.34. The summed E-state index contributed by atoms with van der Waals surface area (Å²) in [5.41, 5.74) is 3.30. The molecule has 0 amide bonds. The number of ether oxygens (including phenoxy) is 1. The molecule has 178 valence electrons. The number of hydrogen-bond acceptors (Lipinski definition) is 5. The van der Waals surface area contributed by atoms with Crippen LogP contribution in [0.3, 0.4) is 0 Å². The summed E-state index contributed by atoms with van der Waals surface area (Å²) in [5, 5.41) is 2.31. The maximum atomic E-state index is 13.5. The van der Waals surface area contributed by atoms with Crippen LogP contribution in [0.2, 0.25) is 0 Å². The normalized spacial score (nSPS) is 13.2. The fourth-order valence-electron chi connectivity index (χ4n) is 4.97. The highest BCUT2D eigenvalue weighted by atomic mass is 32.1. The van der Waals surface area contributed by atoms with Crippen molar-refractivity contribution in [3.63, 3.8) is 0 Å². The van der Waals surface area contributed by atoms with Gasteiger partial charge in [-0.15, -0.1) is 11.3 Å². The first-order valence-electron chi connectivity index (χ1n) is 11.9. The number of fused-ring (bicyclic) bond motifs is 2. The number of carbonyl (C=O) groups excluding carboxylic acids is 2. The van der Waals surface area contributed by atoms with Gasteiger partial charge < -0.3 is 4.74 Å². The van der Waals surface area contributed by atoms with Crippen molar-refractivity contribution in [2.24, 2.45) is 0 Å². The number of methoxy groups -OCH3 is 1. The Morgan fingerprint density at radius 3 is 2.42 bits per heavy atom. The van der Waals surface area contributed by atoms with Crippen LogP contribution in [0.25, 0.3) is 15.6 Å². The number of benzene rings is 3. The molecule has 0 aliphatic heterocycles. The lowest BCUT2D eigenvalue weighted by Crippen LogP contribution is -2.21. The van der Waals surface area contributed by atoms with Crippen molar-refractivity contribution in [1.29, 1.82) is 0 Å². The maximum Gasteiger partial charge on any atom is 0.356 e. The van der Waals surface area contributed by atoms with Crippen molar-refractivity contribution in [2.75, 3.05) is 7.11 Å². The topological polar surface area (TPSA) is 64.9 Å². The second kappa shape index (κ2) is 8.88. The fourth-order valence-corrected chi connectivity index (χ4v) is 6.33. The van der Waals surface area contributed by atoms with Crippen LogP contribution in [0.15, 0.2) is 83.7 Å². The molecule has 0 spiro atoms. The van der Waals surface area contributed by atoms with Gasteiger partial charge in [-0.3, -0.25) is 14.0 Å². The predicted octanol–water partition coefficient (Wildman–Crippen LogP) is 6.00. The SMILES string of the molecule is COC(=O)c1c(C(=O)c2ccccc2)sc2c(C3CC3)c(Cc3cccc4ccccc34)cc(=O)n12. The minimum atomic E-state index is -0.689. The van der Waals surface area contributed by atoms with Gasteiger partial charge in [0.15, 0.2) is 5.69 Å². The van der Waals surface area contributed by atoms with Crippen molar-refractivity contribution in [3.8, 4) is 0 Å². The van der Waals surface area contributed by atoms with E-state index in [2.05, 4.69) is 24.3 Å². The van der Waals surface area contributed by atoms with E-state index in [0.717, 1.165) is 40.3 Å². The van der Waals surface area contributed by atoms with Gasteiger partial charge in [0.1, 0.15) is 9.71 Å². The summed E-state index contributed by atoms with van der Waals surface area (Å²) >= 11 is 1.22. The second-order valence-electron chi connectivity index (χ2n) is 9.12. The molecule has 36 heavy (non-hydrogen) atoms. The van der Waals surface area contributed by atoms with E-state index in [1.807, 2.05) is 24.3 Å². The molecule has 0 N–H and O–H groups in total. The smallest absolute Gasteiger partial charge is 0.356 e. The van der Waals surface area contributed by atoms with Crippen LogP contribution in [0.4, 0.5) is 0 Å². The zero-order valence-corrected chi connectivity index (χ0v) is 20.5. The first kappa shape index (κ1) is 22.4. The van der Waals surface area contributed by atoms with Crippen molar-refractivity contribution < 1.29 is 14.3 Å². The summed E-state index contributed by atoms with van der Waals surface area (Å²) in [4.78, 5) is 40.8. The minimum Gasteiger partial charge on any atom is -0.464 e.